The van der Waals surface area contributed by atoms with Crippen molar-refractivity contribution in [1.29, 1.82) is 0 Å². The van der Waals surface area contributed by atoms with Crippen molar-refractivity contribution in [3.8, 4) is 5.75 Å². The summed E-state index contributed by atoms with van der Waals surface area (Å²) in [6.45, 7) is 0. The molecule has 0 saturated carbocycles. The Bertz CT molecular complexity index is 975. The molecule has 3 aromatic rings. The molecule has 6 nitrogen and oxygen atoms in total. The third-order valence-electron chi connectivity index (χ3n) is 3.26. The van der Waals surface area contributed by atoms with Gasteiger partial charge in [0.25, 0.3) is 5.69 Å². The Balaban J connectivity index is 1.98. The topological polar surface area (TPSA) is 82.3 Å². The first-order chi connectivity index (χ1) is 11.5. The molecule has 0 spiro atoms. The predicted octanol–water partition coefficient (Wildman–Crippen LogP) is 4.67. The van der Waals surface area contributed by atoms with Gasteiger partial charge in [0.05, 0.1) is 15.5 Å². The second-order valence-corrected chi connectivity index (χ2v) is 5.57. The van der Waals surface area contributed by atoms with Gasteiger partial charge >= 0.3 is 5.97 Å². The van der Waals surface area contributed by atoms with E-state index in [2.05, 4.69) is 4.98 Å². The van der Waals surface area contributed by atoms with Crippen LogP contribution in [-0.4, -0.2) is 15.9 Å². The minimum Gasteiger partial charge on any atom is -0.421 e. The third-order valence-corrected chi connectivity index (χ3v) is 3.91. The molecular formula is C16H8Cl2N2O4. The molecule has 1 aromatic heterocycles. The number of benzene rings is 2. The lowest BCUT2D eigenvalue weighted by atomic mass is 10.2. The summed E-state index contributed by atoms with van der Waals surface area (Å²) in [7, 11) is 0. The van der Waals surface area contributed by atoms with Gasteiger partial charge in [0.2, 0.25) is 0 Å². The number of ether oxygens (including phenoxy) is 1. The molecule has 0 saturated heterocycles. The number of hydrogen-bond acceptors (Lipinski definition) is 5. The van der Waals surface area contributed by atoms with Crippen molar-refractivity contribution in [2.45, 2.75) is 0 Å². The van der Waals surface area contributed by atoms with Gasteiger partial charge in [0, 0.05) is 17.6 Å². The Hall–Kier alpha value is -2.70. The molecule has 3 rings (SSSR count). The Morgan fingerprint density at radius 2 is 1.88 bits per heavy atom. The number of aromatic nitrogens is 1. The highest BCUT2D eigenvalue weighted by molar-refractivity contribution is 6.35. The zero-order chi connectivity index (χ0) is 17.3. The van der Waals surface area contributed by atoms with E-state index in [1.54, 1.807) is 24.4 Å². The smallest absolute Gasteiger partial charge is 0.343 e. The van der Waals surface area contributed by atoms with Crippen molar-refractivity contribution < 1.29 is 14.5 Å². The number of hydrogen-bond donors (Lipinski definition) is 0. The van der Waals surface area contributed by atoms with Crippen molar-refractivity contribution in [3.05, 3.63) is 74.4 Å². The first-order valence-corrected chi connectivity index (χ1v) is 7.42. The van der Waals surface area contributed by atoms with E-state index in [0.717, 1.165) is 6.07 Å². The van der Waals surface area contributed by atoms with Crippen LogP contribution in [-0.2, 0) is 0 Å². The largest absolute Gasteiger partial charge is 0.421 e. The summed E-state index contributed by atoms with van der Waals surface area (Å²) < 4.78 is 5.32. The van der Waals surface area contributed by atoms with E-state index < -0.39 is 10.9 Å². The molecule has 0 bridgehead atoms. The molecule has 0 N–H and O–H groups in total. The van der Waals surface area contributed by atoms with E-state index in [1.165, 1.54) is 18.2 Å². The minimum atomic E-state index is -0.760. The zero-order valence-electron chi connectivity index (χ0n) is 11.9. The van der Waals surface area contributed by atoms with Gasteiger partial charge in [-0.1, -0.05) is 23.2 Å². The number of carbonyl (C=O) groups is 1. The normalized spacial score (nSPS) is 10.6. The number of carbonyl (C=O) groups excluding carboxylic acids is 1. The average Bonchev–Trinajstić information content (AvgIpc) is 2.57. The second-order valence-electron chi connectivity index (χ2n) is 4.76. The molecular weight excluding hydrogens is 355 g/mol. The highest BCUT2D eigenvalue weighted by Gasteiger charge is 2.18. The molecule has 0 amide bonds. The van der Waals surface area contributed by atoms with Crippen LogP contribution in [0.5, 0.6) is 5.75 Å². The van der Waals surface area contributed by atoms with Crippen molar-refractivity contribution in [2.24, 2.45) is 0 Å². The maximum atomic E-state index is 12.3. The minimum absolute atomic E-state index is 0.00475. The molecule has 0 fully saturated rings. The number of nitrogens with zero attached hydrogens (tertiary/aromatic N) is 2. The van der Waals surface area contributed by atoms with Crippen LogP contribution in [0.3, 0.4) is 0 Å². The number of nitro benzene ring substituents is 1. The Morgan fingerprint density at radius 1 is 1.12 bits per heavy atom. The lowest BCUT2D eigenvalue weighted by Crippen LogP contribution is -2.09. The van der Waals surface area contributed by atoms with Gasteiger partial charge in [0.15, 0.2) is 5.75 Å². The monoisotopic (exact) mass is 362 g/mol. The number of nitro groups is 1. The summed E-state index contributed by atoms with van der Waals surface area (Å²) in [5, 5.41) is 12.0. The van der Waals surface area contributed by atoms with Crippen LogP contribution < -0.4 is 4.74 Å². The molecule has 24 heavy (non-hydrogen) atoms. The summed E-state index contributed by atoms with van der Waals surface area (Å²) in [5.41, 5.74) is 0.0529. The van der Waals surface area contributed by atoms with E-state index in [4.69, 9.17) is 27.9 Å². The number of rotatable bonds is 3. The summed E-state index contributed by atoms with van der Waals surface area (Å²) >= 11 is 11.8. The Kier molecular flexibility index (Phi) is 4.33. The lowest BCUT2D eigenvalue weighted by Gasteiger charge is -2.08. The fraction of sp³-hybridized carbons (Fsp3) is 0. The van der Waals surface area contributed by atoms with Gasteiger partial charge < -0.3 is 4.74 Å². The van der Waals surface area contributed by atoms with E-state index in [9.17, 15) is 14.9 Å². The molecule has 8 heteroatoms. The van der Waals surface area contributed by atoms with Crippen LogP contribution in [0.4, 0.5) is 5.69 Å². The SMILES string of the molecule is O=C(Oc1ccc(Cl)c2cccnc12)c1ccc(Cl)c([N+](=O)[O-])c1. The number of halogens is 2. The lowest BCUT2D eigenvalue weighted by molar-refractivity contribution is -0.384. The van der Waals surface area contributed by atoms with Gasteiger partial charge in [-0.25, -0.2) is 4.79 Å². The molecule has 0 aliphatic heterocycles. The molecule has 1 heterocycles. The maximum Gasteiger partial charge on any atom is 0.343 e. The van der Waals surface area contributed by atoms with Gasteiger partial charge in [-0.05, 0) is 36.4 Å². The molecule has 0 unspecified atom stereocenters. The van der Waals surface area contributed by atoms with Gasteiger partial charge in [-0.15, -0.1) is 0 Å². The number of pyridine rings is 1. The van der Waals surface area contributed by atoms with E-state index >= 15 is 0 Å². The van der Waals surface area contributed by atoms with Gasteiger partial charge in [-0.3, -0.25) is 15.1 Å². The fourth-order valence-corrected chi connectivity index (χ4v) is 2.53. The molecule has 120 valence electrons. The van der Waals surface area contributed by atoms with Gasteiger partial charge in [-0.2, -0.15) is 0 Å². The van der Waals surface area contributed by atoms with E-state index in [0.29, 0.717) is 15.9 Å². The van der Waals surface area contributed by atoms with Crippen molar-refractivity contribution in [3.63, 3.8) is 0 Å². The summed E-state index contributed by atoms with van der Waals surface area (Å²) in [4.78, 5) is 26.7. The third kappa shape index (κ3) is 3.02. The van der Waals surface area contributed by atoms with Crippen LogP contribution in [0.1, 0.15) is 10.4 Å². The fourth-order valence-electron chi connectivity index (χ4n) is 2.13. The first-order valence-electron chi connectivity index (χ1n) is 6.66. The van der Waals surface area contributed by atoms with Crippen molar-refractivity contribution in [2.75, 3.05) is 0 Å². The Morgan fingerprint density at radius 3 is 2.62 bits per heavy atom. The number of esters is 1. The van der Waals surface area contributed by atoms with Gasteiger partial charge in [0.1, 0.15) is 10.5 Å². The molecule has 0 atom stereocenters. The highest BCUT2D eigenvalue weighted by Crippen LogP contribution is 2.31. The highest BCUT2D eigenvalue weighted by atomic mass is 35.5. The van der Waals surface area contributed by atoms with Crippen LogP contribution >= 0.6 is 23.2 Å². The molecule has 0 radical (unpaired) electrons. The van der Waals surface area contributed by atoms with E-state index in [1.807, 2.05) is 0 Å². The standard InChI is InChI=1S/C16H8Cl2N2O4/c17-11-5-6-14(15-10(11)2-1-7-19-15)24-16(21)9-3-4-12(18)13(8-9)20(22)23/h1-8H. The molecule has 0 aliphatic rings. The molecule has 2 aromatic carbocycles. The number of fused-ring (bicyclic) bond motifs is 1. The molecule has 0 aliphatic carbocycles. The second kappa shape index (κ2) is 6.43. The van der Waals surface area contributed by atoms with Crippen LogP contribution in [0.25, 0.3) is 10.9 Å². The van der Waals surface area contributed by atoms with Crippen LogP contribution in [0.2, 0.25) is 10.0 Å². The maximum absolute atomic E-state index is 12.3. The summed E-state index contributed by atoms with van der Waals surface area (Å²) in [6.07, 6.45) is 1.54. The van der Waals surface area contributed by atoms with Crippen LogP contribution in [0.15, 0.2) is 48.7 Å². The Labute approximate surface area is 145 Å². The average molecular weight is 363 g/mol. The van der Waals surface area contributed by atoms with E-state index in [-0.39, 0.29) is 22.0 Å². The van der Waals surface area contributed by atoms with Crippen molar-refractivity contribution in [1.82, 2.24) is 4.98 Å². The van der Waals surface area contributed by atoms with Crippen molar-refractivity contribution >= 4 is 45.8 Å². The van der Waals surface area contributed by atoms with Crippen LogP contribution in [0, 0.1) is 10.1 Å². The quantitative estimate of drug-likeness (QED) is 0.292. The first kappa shape index (κ1) is 16.2. The zero-order valence-corrected chi connectivity index (χ0v) is 13.4. The predicted molar refractivity (Wildman–Crippen MR) is 89.8 cm³/mol. The summed E-state index contributed by atoms with van der Waals surface area (Å²) in [5.74, 6) is -0.554. The summed E-state index contributed by atoms with van der Waals surface area (Å²) in [6, 6.07) is 10.2.